The van der Waals surface area contributed by atoms with E-state index >= 15 is 0 Å². The fourth-order valence-corrected chi connectivity index (χ4v) is 2.28. The van der Waals surface area contributed by atoms with E-state index in [0.717, 1.165) is 16.7 Å². The quantitative estimate of drug-likeness (QED) is 0.787. The highest BCUT2D eigenvalue weighted by atomic mass is 127. The predicted molar refractivity (Wildman–Crippen MR) is 86.5 cm³/mol. The monoisotopic (exact) mass is 399 g/mol. The summed E-state index contributed by atoms with van der Waals surface area (Å²) in [6.45, 7) is 2.76. The van der Waals surface area contributed by atoms with Crippen LogP contribution in [0, 0.1) is 3.57 Å². The normalized spacial score (nSPS) is 15.0. The summed E-state index contributed by atoms with van der Waals surface area (Å²) < 4.78 is 12.1. The van der Waals surface area contributed by atoms with Crippen LogP contribution in [0.3, 0.4) is 0 Å². The van der Waals surface area contributed by atoms with Gasteiger partial charge in [0.1, 0.15) is 5.75 Å². The van der Waals surface area contributed by atoms with Crippen molar-refractivity contribution in [1.29, 1.82) is 0 Å². The Morgan fingerprint density at radius 2 is 1.81 bits per heavy atom. The number of rotatable bonds is 3. The first-order valence-corrected chi connectivity index (χ1v) is 7.56. The number of anilines is 2. The molecular formula is C13H14IN5O2. The second-order valence-electron chi connectivity index (χ2n) is 4.43. The molecule has 2 N–H and O–H groups in total. The Morgan fingerprint density at radius 3 is 2.52 bits per heavy atom. The standard InChI is InChI=1S/C13H14IN5O2/c14-9-1-3-10(4-2-9)21-13-17-11(15)16-12(18-13)19-5-7-20-8-6-19/h1-4H,5-8H2,(H2,15,16,17,18). The molecule has 0 saturated carbocycles. The molecule has 8 heteroatoms. The first-order valence-electron chi connectivity index (χ1n) is 6.48. The third-order valence-electron chi connectivity index (χ3n) is 2.94. The van der Waals surface area contributed by atoms with Crippen molar-refractivity contribution < 1.29 is 9.47 Å². The van der Waals surface area contributed by atoms with E-state index < -0.39 is 0 Å². The molecule has 0 radical (unpaired) electrons. The molecule has 3 rings (SSSR count). The van der Waals surface area contributed by atoms with Crippen molar-refractivity contribution in [3.8, 4) is 11.8 Å². The average Bonchev–Trinajstić information content (AvgIpc) is 2.50. The highest BCUT2D eigenvalue weighted by Gasteiger charge is 2.16. The maximum absolute atomic E-state index is 5.74. The third-order valence-corrected chi connectivity index (χ3v) is 3.66. The predicted octanol–water partition coefficient (Wildman–Crippen LogP) is 1.69. The molecule has 0 amide bonds. The van der Waals surface area contributed by atoms with Gasteiger partial charge in [0.2, 0.25) is 11.9 Å². The SMILES string of the molecule is Nc1nc(Oc2ccc(I)cc2)nc(N2CCOCC2)n1. The van der Waals surface area contributed by atoms with Crippen LogP contribution < -0.4 is 15.4 Å². The van der Waals surface area contributed by atoms with Gasteiger partial charge in [-0.25, -0.2) is 0 Å². The summed E-state index contributed by atoms with van der Waals surface area (Å²) in [5.74, 6) is 1.33. The van der Waals surface area contributed by atoms with Crippen molar-refractivity contribution >= 4 is 34.5 Å². The summed E-state index contributed by atoms with van der Waals surface area (Å²) in [5.41, 5.74) is 5.74. The number of aromatic nitrogens is 3. The molecule has 0 bridgehead atoms. The Bertz CT molecular complexity index is 616. The number of nitrogens with two attached hydrogens (primary N) is 1. The lowest BCUT2D eigenvalue weighted by molar-refractivity contribution is 0.122. The fraction of sp³-hybridized carbons (Fsp3) is 0.308. The molecule has 0 aliphatic carbocycles. The molecule has 1 aromatic carbocycles. The van der Waals surface area contributed by atoms with Gasteiger partial charge in [-0.2, -0.15) is 15.0 Å². The molecule has 1 saturated heterocycles. The summed E-state index contributed by atoms with van der Waals surface area (Å²) in [6, 6.07) is 7.81. The van der Waals surface area contributed by atoms with Crippen LogP contribution in [0.15, 0.2) is 24.3 Å². The van der Waals surface area contributed by atoms with Crippen LogP contribution in [0.25, 0.3) is 0 Å². The lowest BCUT2D eigenvalue weighted by Crippen LogP contribution is -2.37. The van der Waals surface area contributed by atoms with Gasteiger partial charge < -0.3 is 20.1 Å². The molecule has 2 heterocycles. The van der Waals surface area contributed by atoms with Crippen molar-refractivity contribution in [3.05, 3.63) is 27.8 Å². The summed E-state index contributed by atoms with van der Waals surface area (Å²) in [6.07, 6.45) is 0. The molecule has 7 nitrogen and oxygen atoms in total. The molecular weight excluding hydrogens is 385 g/mol. The smallest absolute Gasteiger partial charge is 0.328 e. The Hall–Kier alpha value is -1.68. The highest BCUT2D eigenvalue weighted by Crippen LogP contribution is 2.21. The summed E-state index contributed by atoms with van der Waals surface area (Å²) in [4.78, 5) is 14.5. The lowest BCUT2D eigenvalue weighted by atomic mass is 10.3. The second-order valence-corrected chi connectivity index (χ2v) is 5.68. The number of ether oxygens (including phenoxy) is 2. The van der Waals surface area contributed by atoms with Crippen LogP contribution in [0.1, 0.15) is 0 Å². The van der Waals surface area contributed by atoms with Gasteiger partial charge >= 0.3 is 6.01 Å². The number of nitrogens with zero attached hydrogens (tertiary/aromatic N) is 4. The van der Waals surface area contributed by atoms with Crippen molar-refractivity contribution in [2.24, 2.45) is 0 Å². The number of halogens is 1. The number of hydrogen-bond donors (Lipinski definition) is 1. The van der Waals surface area contributed by atoms with Crippen LogP contribution in [0.4, 0.5) is 11.9 Å². The zero-order valence-electron chi connectivity index (χ0n) is 11.2. The molecule has 2 aromatic rings. The largest absolute Gasteiger partial charge is 0.424 e. The van der Waals surface area contributed by atoms with Gasteiger partial charge in [0.05, 0.1) is 13.2 Å². The molecule has 0 unspecified atom stereocenters. The van der Waals surface area contributed by atoms with Gasteiger partial charge in [0.25, 0.3) is 0 Å². The molecule has 0 atom stereocenters. The number of morpholine rings is 1. The average molecular weight is 399 g/mol. The van der Waals surface area contributed by atoms with E-state index in [1.165, 1.54) is 0 Å². The minimum Gasteiger partial charge on any atom is -0.424 e. The Kier molecular flexibility index (Phi) is 4.34. The first kappa shape index (κ1) is 14.3. The Balaban J connectivity index is 1.81. The molecule has 1 aromatic heterocycles. The van der Waals surface area contributed by atoms with E-state index in [0.29, 0.717) is 24.9 Å². The first-order chi connectivity index (χ1) is 10.2. The lowest BCUT2D eigenvalue weighted by Gasteiger charge is -2.26. The summed E-state index contributed by atoms with van der Waals surface area (Å²) >= 11 is 2.23. The minimum absolute atomic E-state index is 0.145. The zero-order valence-corrected chi connectivity index (χ0v) is 13.4. The van der Waals surface area contributed by atoms with Gasteiger partial charge in [-0.05, 0) is 46.9 Å². The van der Waals surface area contributed by atoms with Gasteiger partial charge in [-0.1, -0.05) is 0 Å². The second kappa shape index (κ2) is 6.39. The topological polar surface area (TPSA) is 86.4 Å². The van der Waals surface area contributed by atoms with E-state index in [1.807, 2.05) is 29.2 Å². The van der Waals surface area contributed by atoms with E-state index in [2.05, 4.69) is 37.5 Å². The van der Waals surface area contributed by atoms with Crippen molar-refractivity contribution in [1.82, 2.24) is 15.0 Å². The number of hydrogen-bond acceptors (Lipinski definition) is 7. The molecule has 1 fully saturated rings. The van der Waals surface area contributed by atoms with E-state index in [-0.39, 0.29) is 12.0 Å². The number of nitrogen functional groups attached to an aromatic ring is 1. The third kappa shape index (κ3) is 3.70. The van der Waals surface area contributed by atoms with Crippen LogP contribution >= 0.6 is 22.6 Å². The van der Waals surface area contributed by atoms with Crippen LogP contribution in [-0.2, 0) is 4.74 Å². The zero-order chi connectivity index (χ0) is 14.7. The molecule has 21 heavy (non-hydrogen) atoms. The van der Waals surface area contributed by atoms with Gasteiger partial charge in [0.15, 0.2) is 0 Å². The Labute approximate surface area is 135 Å². The van der Waals surface area contributed by atoms with Gasteiger partial charge in [-0.3, -0.25) is 0 Å². The number of benzene rings is 1. The molecule has 1 aliphatic heterocycles. The maximum Gasteiger partial charge on any atom is 0.328 e. The fourth-order valence-electron chi connectivity index (χ4n) is 1.92. The Morgan fingerprint density at radius 1 is 1.10 bits per heavy atom. The van der Waals surface area contributed by atoms with Gasteiger partial charge in [-0.15, -0.1) is 0 Å². The highest BCUT2D eigenvalue weighted by molar-refractivity contribution is 14.1. The van der Waals surface area contributed by atoms with Gasteiger partial charge in [0, 0.05) is 16.7 Å². The van der Waals surface area contributed by atoms with Crippen molar-refractivity contribution in [3.63, 3.8) is 0 Å². The van der Waals surface area contributed by atoms with E-state index in [4.69, 9.17) is 15.2 Å². The minimum atomic E-state index is 0.145. The molecule has 110 valence electrons. The maximum atomic E-state index is 5.74. The summed E-state index contributed by atoms with van der Waals surface area (Å²) in [7, 11) is 0. The van der Waals surface area contributed by atoms with Crippen molar-refractivity contribution in [2.75, 3.05) is 36.9 Å². The van der Waals surface area contributed by atoms with Crippen LogP contribution in [0.5, 0.6) is 11.8 Å². The molecule has 0 spiro atoms. The van der Waals surface area contributed by atoms with E-state index in [9.17, 15) is 0 Å². The summed E-state index contributed by atoms with van der Waals surface area (Å²) in [5, 5.41) is 0. The molecule has 1 aliphatic rings. The van der Waals surface area contributed by atoms with Crippen LogP contribution in [0.2, 0.25) is 0 Å². The van der Waals surface area contributed by atoms with Crippen molar-refractivity contribution in [2.45, 2.75) is 0 Å². The van der Waals surface area contributed by atoms with Crippen LogP contribution in [-0.4, -0.2) is 41.3 Å². The van der Waals surface area contributed by atoms with E-state index in [1.54, 1.807) is 0 Å².